The highest BCUT2D eigenvalue weighted by molar-refractivity contribution is 6.30. The first-order valence-electron chi connectivity index (χ1n) is 5.87. The number of aliphatic hydroxyl groups is 1. The molecule has 1 aromatic rings. The third-order valence-electron chi connectivity index (χ3n) is 2.45. The van der Waals surface area contributed by atoms with Crippen LogP contribution in [0.1, 0.15) is 32.4 Å². The molecule has 1 amide bonds. The summed E-state index contributed by atoms with van der Waals surface area (Å²) in [6.07, 6.45) is -1.33. The molecule has 1 aromatic carbocycles. The standard InChI is InChI=1S/C13H18ClNO3/c1-4-15-13(17)9(3)18-12-6-5-10(14)7-11(12)8(2)16/h5-9,16H,4H2,1-3H3,(H,15,17)/t8-,9?/m1/s1. The van der Waals surface area contributed by atoms with Gasteiger partial charge in [0, 0.05) is 17.1 Å². The smallest absolute Gasteiger partial charge is 0.260 e. The number of ether oxygens (including phenoxy) is 1. The fourth-order valence-corrected chi connectivity index (χ4v) is 1.70. The first kappa shape index (κ1) is 14.8. The Balaban J connectivity index is 2.87. The SMILES string of the molecule is CCNC(=O)C(C)Oc1ccc(Cl)cc1[C@@H](C)O. The summed E-state index contributed by atoms with van der Waals surface area (Å²) in [5.74, 6) is 0.275. The van der Waals surface area contributed by atoms with E-state index in [1.165, 1.54) is 0 Å². The van der Waals surface area contributed by atoms with E-state index in [-0.39, 0.29) is 5.91 Å². The second kappa shape index (κ2) is 6.61. The molecule has 0 aliphatic rings. The number of hydrogen-bond acceptors (Lipinski definition) is 3. The van der Waals surface area contributed by atoms with Crippen molar-refractivity contribution in [2.24, 2.45) is 0 Å². The van der Waals surface area contributed by atoms with Gasteiger partial charge in [-0.25, -0.2) is 0 Å². The molecule has 2 atom stereocenters. The molecule has 0 aliphatic carbocycles. The summed E-state index contributed by atoms with van der Waals surface area (Å²) in [6, 6.07) is 4.94. The van der Waals surface area contributed by atoms with Crippen molar-refractivity contribution in [2.75, 3.05) is 6.54 Å². The number of carbonyl (C=O) groups is 1. The summed E-state index contributed by atoms with van der Waals surface area (Å²) in [5, 5.41) is 12.8. The fraction of sp³-hybridized carbons (Fsp3) is 0.462. The average Bonchev–Trinajstić information content (AvgIpc) is 2.31. The summed E-state index contributed by atoms with van der Waals surface area (Å²) >= 11 is 5.86. The number of likely N-dealkylation sites (N-methyl/N-ethyl adjacent to an activating group) is 1. The van der Waals surface area contributed by atoms with Crippen LogP contribution < -0.4 is 10.1 Å². The molecule has 0 bridgehead atoms. The number of rotatable bonds is 5. The first-order valence-corrected chi connectivity index (χ1v) is 6.25. The van der Waals surface area contributed by atoms with Gasteiger partial charge in [0.05, 0.1) is 6.10 Å². The first-order chi connectivity index (χ1) is 8.45. The Morgan fingerprint density at radius 3 is 2.72 bits per heavy atom. The van der Waals surface area contributed by atoms with Crippen molar-refractivity contribution in [1.82, 2.24) is 5.32 Å². The van der Waals surface area contributed by atoms with Crippen molar-refractivity contribution in [2.45, 2.75) is 33.0 Å². The Labute approximate surface area is 112 Å². The van der Waals surface area contributed by atoms with E-state index in [1.54, 1.807) is 32.0 Å². The normalized spacial score (nSPS) is 13.8. The molecule has 0 heterocycles. The molecule has 0 spiro atoms. The van der Waals surface area contributed by atoms with Gasteiger partial charge in [0.1, 0.15) is 5.75 Å². The second-order valence-corrected chi connectivity index (χ2v) is 4.45. The summed E-state index contributed by atoms with van der Waals surface area (Å²) in [6.45, 7) is 5.67. The van der Waals surface area contributed by atoms with Gasteiger partial charge in [0.25, 0.3) is 5.91 Å². The Morgan fingerprint density at radius 1 is 1.50 bits per heavy atom. The van der Waals surface area contributed by atoms with Gasteiger partial charge >= 0.3 is 0 Å². The number of amides is 1. The minimum atomic E-state index is -0.708. The van der Waals surface area contributed by atoms with Gasteiger partial charge in [0.15, 0.2) is 6.10 Å². The lowest BCUT2D eigenvalue weighted by molar-refractivity contribution is -0.127. The van der Waals surface area contributed by atoms with Crippen molar-refractivity contribution >= 4 is 17.5 Å². The number of aliphatic hydroxyl groups excluding tert-OH is 1. The topological polar surface area (TPSA) is 58.6 Å². The van der Waals surface area contributed by atoms with E-state index in [0.717, 1.165) is 0 Å². The van der Waals surface area contributed by atoms with E-state index in [1.807, 2.05) is 6.92 Å². The molecule has 4 nitrogen and oxygen atoms in total. The van der Waals surface area contributed by atoms with E-state index >= 15 is 0 Å². The predicted molar refractivity (Wildman–Crippen MR) is 70.9 cm³/mol. The van der Waals surface area contributed by atoms with Crippen LogP contribution in [0.25, 0.3) is 0 Å². The Hall–Kier alpha value is -1.26. The summed E-state index contributed by atoms with van der Waals surface area (Å²) < 4.78 is 5.55. The lowest BCUT2D eigenvalue weighted by atomic mass is 10.1. The van der Waals surface area contributed by atoms with E-state index in [0.29, 0.717) is 22.9 Å². The lowest BCUT2D eigenvalue weighted by Gasteiger charge is -2.18. The molecule has 18 heavy (non-hydrogen) atoms. The van der Waals surface area contributed by atoms with Crippen molar-refractivity contribution in [3.8, 4) is 5.75 Å². The predicted octanol–water partition coefficient (Wildman–Crippen LogP) is 2.30. The number of carbonyl (C=O) groups excluding carboxylic acids is 1. The van der Waals surface area contributed by atoms with Crippen LogP contribution in [0.3, 0.4) is 0 Å². The maximum absolute atomic E-state index is 11.6. The molecule has 1 unspecified atom stereocenters. The monoisotopic (exact) mass is 271 g/mol. The quantitative estimate of drug-likeness (QED) is 0.864. The molecule has 0 aromatic heterocycles. The largest absolute Gasteiger partial charge is 0.481 e. The minimum Gasteiger partial charge on any atom is -0.481 e. The molecule has 0 aliphatic heterocycles. The van der Waals surface area contributed by atoms with E-state index in [9.17, 15) is 9.90 Å². The van der Waals surface area contributed by atoms with E-state index < -0.39 is 12.2 Å². The van der Waals surface area contributed by atoms with Crippen LogP contribution in [-0.2, 0) is 4.79 Å². The zero-order valence-electron chi connectivity index (χ0n) is 10.7. The zero-order valence-corrected chi connectivity index (χ0v) is 11.5. The molecule has 0 saturated heterocycles. The number of benzene rings is 1. The van der Waals surface area contributed by atoms with Crippen molar-refractivity contribution in [1.29, 1.82) is 0 Å². The molecule has 0 fully saturated rings. The van der Waals surface area contributed by atoms with Gasteiger partial charge in [0.2, 0.25) is 0 Å². The highest BCUT2D eigenvalue weighted by Gasteiger charge is 2.17. The van der Waals surface area contributed by atoms with Crippen LogP contribution in [0, 0.1) is 0 Å². The van der Waals surface area contributed by atoms with Gasteiger partial charge in [-0.05, 0) is 39.0 Å². The van der Waals surface area contributed by atoms with Crippen LogP contribution in [0.15, 0.2) is 18.2 Å². The Bertz CT molecular complexity index is 421. The highest BCUT2D eigenvalue weighted by Crippen LogP contribution is 2.29. The maximum atomic E-state index is 11.6. The van der Waals surface area contributed by atoms with Gasteiger partial charge in [-0.1, -0.05) is 11.6 Å². The maximum Gasteiger partial charge on any atom is 0.260 e. The van der Waals surface area contributed by atoms with Gasteiger partial charge in [-0.15, -0.1) is 0 Å². The number of nitrogens with one attached hydrogen (secondary N) is 1. The van der Waals surface area contributed by atoms with Crippen LogP contribution in [0.2, 0.25) is 5.02 Å². The van der Waals surface area contributed by atoms with Crippen LogP contribution in [-0.4, -0.2) is 23.7 Å². The Morgan fingerprint density at radius 2 is 2.17 bits per heavy atom. The van der Waals surface area contributed by atoms with Crippen molar-refractivity contribution in [3.63, 3.8) is 0 Å². The van der Waals surface area contributed by atoms with Crippen molar-refractivity contribution < 1.29 is 14.6 Å². The van der Waals surface area contributed by atoms with Crippen LogP contribution >= 0.6 is 11.6 Å². The average molecular weight is 272 g/mol. The molecule has 0 radical (unpaired) electrons. The molecule has 1 rings (SSSR count). The van der Waals surface area contributed by atoms with Crippen LogP contribution in [0.4, 0.5) is 0 Å². The summed E-state index contributed by atoms with van der Waals surface area (Å²) in [5.41, 5.74) is 0.568. The molecular formula is C13H18ClNO3. The lowest BCUT2D eigenvalue weighted by Crippen LogP contribution is -2.36. The molecule has 2 N–H and O–H groups in total. The zero-order chi connectivity index (χ0) is 13.7. The molecular weight excluding hydrogens is 254 g/mol. The summed E-state index contributed by atoms with van der Waals surface area (Å²) in [4.78, 5) is 11.6. The molecule has 0 saturated carbocycles. The number of halogens is 1. The minimum absolute atomic E-state index is 0.191. The molecule has 5 heteroatoms. The van der Waals surface area contributed by atoms with Gasteiger partial charge < -0.3 is 15.2 Å². The Kier molecular flexibility index (Phi) is 5.44. The fourth-order valence-electron chi connectivity index (χ4n) is 1.52. The summed E-state index contributed by atoms with van der Waals surface area (Å²) in [7, 11) is 0. The van der Waals surface area contributed by atoms with E-state index in [4.69, 9.17) is 16.3 Å². The van der Waals surface area contributed by atoms with Crippen molar-refractivity contribution in [3.05, 3.63) is 28.8 Å². The second-order valence-electron chi connectivity index (χ2n) is 4.01. The van der Waals surface area contributed by atoms with Gasteiger partial charge in [-0.3, -0.25) is 4.79 Å². The number of hydrogen-bond donors (Lipinski definition) is 2. The molecule has 100 valence electrons. The highest BCUT2D eigenvalue weighted by atomic mass is 35.5. The third kappa shape index (κ3) is 3.89. The third-order valence-corrected chi connectivity index (χ3v) is 2.68. The van der Waals surface area contributed by atoms with Gasteiger partial charge in [-0.2, -0.15) is 0 Å². The van der Waals surface area contributed by atoms with E-state index in [2.05, 4.69) is 5.32 Å². The van der Waals surface area contributed by atoms with Crippen LogP contribution in [0.5, 0.6) is 5.75 Å².